The van der Waals surface area contributed by atoms with Gasteiger partial charge in [0.15, 0.2) is 5.76 Å². The van der Waals surface area contributed by atoms with Gasteiger partial charge in [-0.2, -0.15) is 0 Å². The van der Waals surface area contributed by atoms with Gasteiger partial charge in [0.05, 0.1) is 25.5 Å². The Balaban J connectivity index is 1.67. The van der Waals surface area contributed by atoms with Crippen LogP contribution in [0.5, 0.6) is 0 Å². The Labute approximate surface area is 147 Å². The molecule has 0 aliphatic heterocycles. The second-order valence-corrected chi connectivity index (χ2v) is 6.13. The van der Waals surface area contributed by atoms with Crippen LogP contribution in [0.15, 0.2) is 40.9 Å². The van der Waals surface area contributed by atoms with Gasteiger partial charge in [-0.15, -0.1) is 0 Å². The number of urea groups is 1. The lowest BCUT2D eigenvalue weighted by Gasteiger charge is -2.13. The lowest BCUT2D eigenvalue weighted by molar-refractivity contribution is 0.0272. The van der Waals surface area contributed by atoms with Crippen molar-refractivity contribution >= 4 is 6.03 Å². The number of hydrogen-bond acceptors (Lipinski definition) is 5. The molecule has 25 heavy (non-hydrogen) atoms. The molecule has 1 aromatic carbocycles. The minimum atomic E-state index is -0.740. The first-order valence-corrected chi connectivity index (χ1v) is 8.32. The monoisotopic (exact) mass is 347 g/mol. The summed E-state index contributed by atoms with van der Waals surface area (Å²) in [6.45, 7) is 5.12. The number of aliphatic hydroxyl groups is 1. The number of benzene rings is 1. The number of ether oxygens (including phenoxy) is 1. The van der Waals surface area contributed by atoms with Gasteiger partial charge in [-0.1, -0.05) is 44.2 Å². The lowest BCUT2D eigenvalue weighted by Crippen LogP contribution is -2.40. The molecule has 0 fully saturated rings. The summed E-state index contributed by atoms with van der Waals surface area (Å²) in [5, 5.41) is 14.9. The second kappa shape index (κ2) is 9.80. The van der Waals surface area contributed by atoms with Crippen LogP contribution < -0.4 is 10.6 Å². The molecule has 3 N–H and O–H groups in total. The van der Waals surface area contributed by atoms with Gasteiger partial charge in [0.2, 0.25) is 5.89 Å². The van der Waals surface area contributed by atoms with E-state index in [0.29, 0.717) is 24.2 Å². The summed E-state index contributed by atoms with van der Waals surface area (Å²) in [6, 6.07) is 9.20. The maximum absolute atomic E-state index is 11.7. The molecule has 0 unspecified atom stereocenters. The molecule has 0 spiro atoms. The molecular formula is C18H25N3O4. The number of rotatable bonds is 9. The zero-order chi connectivity index (χ0) is 18.1. The molecule has 7 heteroatoms. The van der Waals surface area contributed by atoms with Crippen molar-refractivity contribution in [2.75, 3.05) is 19.8 Å². The first kappa shape index (κ1) is 19.0. The van der Waals surface area contributed by atoms with E-state index in [1.807, 2.05) is 44.2 Å². The van der Waals surface area contributed by atoms with E-state index in [1.54, 1.807) is 6.20 Å². The first-order valence-electron chi connectivity index (χ1n) is 8.32. The molecule has 2 rings (SSSR count). The number of aromatic nitrogens is 1. The number of nitrogens with zero attached hydrogens (tertiary/aromatic N) is 1. The van der Waals surface area contributed by atoms with Crippen molar-refractivity contribution in [1.29, 1.82) is 0 Å². The van der Waals surface area contributed by atoms with Crippen LogP contribution in [-0.4, -0.2) is 42.0 Å². The molecule has 1 atom stereocenters. The molecule has 0 aliphatic carbocycles. The van der Waals surface area contributed by atoms with Crippen LogP contribution in [0.1, 0.15) is 19.7 Å². The number of carbonyl (C=O) groups is 1. The smallest absolute Gasteiger partial charge is 0.315 e. The second-order valence-electron chi connectivity index (χ2n) is 6.13. The molecule has 2 amide bonds. The minimum absolute atomic E-state index is 0.116. The number of aliphatic hydroxyl groups excluding tert-OH is 1. The van der Waals surface area contributed by atoms with E-state index in [0.717, 1.165) is 5.56 Å². The van der Waals surface area contributed by atoms with E-state index in [-0.39, 0.29) is 19.7 Å². The Morgan fingerprint density at radius 3 is 2.72 bits per heavy atom. The van der Waals surface area contributed by atoms with Gasteiger partial charge >= 0.3 is 6.03 Å². The summed E-state index contributed by atoms with van der Waals surface area (Å²) in [7, 11) is 0. The van der Waals surface area contributed by atoms with Crippen molar-refractivity contribution in [1.82, 2.24) is 15.6 Å². The summed E-state index contributed by atoms with van der Waals surface area (Å²) >= 11 is 0. The van der Waals surface area contributed by atoms with Crippen molar-refractivity contribution in [2.45, 2.75) is 26.5 Å². The van der Waals surface area contributed by atoms with Gasteiger partial charge in [0.25, 0.3) is 0 Å². The number of amides is 2. The zero-order valence-corrected chi connectivity index (χ0v) is 14.6. The number of hydrogen-bond donors (Lipinski definition) is 3. The molecule has 1 aromatic heterocycles. The lowest BCUT2D eigenvalue weighted by atomic mass is 10.2. The summed E-state index contributed by atoms with van der Waals surface area (Å²) in [5.74, 6) is 1.47. The topological polar surface area (TPSA) is 96.6 Å². The Hall–Kier alpha value is -2.38. The molecule has 0 aliphatic rings. The predicted octanol–water partition coefficient (Wildman–Crippen LogP) is 2.17. The molecule has 0 radical (unpaired) electrons. The molecule has 7 nitrogen and oxygen atoms in total. The molecule has 0 saturated heterocycles. The van der Waals surface area contributed by atoms with Gasteiger partial charge in [-0.05, 0) is 5.92 Å². The summed E-state index contributed by atoms with van der Waals surface area (Å²) in [5.41, 5.74) is 0.926. The summed E-state index contributed by atoms with van der Waals surface area (Å²) in [6.07, 6.45) is 0.885. The third kappa shape index (κ3) is 6.94. The molecule has 136 valence electrons. The molecule has 1 heterocycles. The third-order valence-electron chi connectivity index (χ3n) is 3.27. The Bertz CT molecular complexity index is 643. The quantitative estimate of drug-likeness (QED) is 0.646. The Morgan fingerprint density at radius 1 is 1.24 bits per heavy atom. The standard InChI is InChI=1S/C18H25N3O4/c1-13(2)11-24-12-15(22)8-20-18(23)21-10-17-19-9-16(25-17)14-6-4-3-5-7-14/h3-7,9,13,15,22H,8,10-12H2,1-2H3,(H2,20,21,23)/t15-/m0/s1. The largest absolute Gasteiger partial charge is 0.439 e. The van der Waals surface area contributed by atoms with E-state index in [1.165, 1.54) is 0 Å². The fourth-order valence-electron chi connectivity index (χ4n) is 2.06. The SMILES string of the molecule is CC(C)COC[C@@H](O)CNC(=O)NCc1ncc(-c2ccccc2)o1. The minimum Gasteiger partial charge on any atom is -0.439 e. The zero-order valence-electron chi connectivity index (χ0n) is 14.6. The Kier molecular flexibility index (Phi) is 7.43. The highest BCUT2D eigenvalue weighted by atomic mass is 16.5. The van der Waals surface area contributed by atoms with Crippen LogP contribution >= 0.6 is 0 Å². The summed E-state index contributed by atoms with van der Waals surface area (Å²) in [4.78, 5) is 15.9. The number of oxazole rings is 1. The van der Waals surface area contributed by atoms with E-state index >= 15 is 0 Å². The highest BCUT2D eigenvalue weighted by molar-refractivity contribution is 5.73. The van der Waals surface area contributed by atoms with E-state index in [9.17, 15) is 9.90 Å². The maximum atomic E-state index is 11.7. The average Bonchev–Trinajstić information content (AvgIpc) is 3.07. The normalized spacial score (nSPS) is 12.2. The van der Waals surface area contributed by atoms with Crippen molar-refractivity contribution in [3.8, 4) is 11.3 Å². The third-order valence-corrected chi connectivity index (χ3v) is 3.27. The van der Waals surface area contributed by atoms with E-state index < -0.39 is 12.1 Å². The van der Waals surface area contributed by atoms with Gasteiger partial charge in [-0.25, -0.2) is 9.78 Å². The van der Waals surface area contributed by atoms with Crippen LogP contribution in [0.3, 0.4) is 0 Å². The Morgan fingerprint density at radius 2 is 2.00 bits per heavy atom. The molecule has 0 bridgehead atoms. The van der Waals surface area contributed by atoms with Crippen molar-refractivity contribution < 1.29 is 19.1 Å². The highest BCUT2D eigenvalue weighted by Crippen LogP contribution is 2.19. The predicted molar refractivity (Wildman–Crippen MR) is 93.8 cm³/mol. The van der Waals surface area contributed by atoms with Crippen molar-refractivity contribution in [3.63, 3.8) is 0 Å². The van der Waals surface area contributed by atoms with E-state index in [2.05, 4.69) is 15.6 Å². The fraction of sp³-hybridized carbons (Fsp3) is 0.444. The van der Waals surface area contributed by atoms with Crippen LogP contribution in [0.2, 0.25) is 0 Å². The molecule has 2 aromatic rings. The highest BCUT2D eigenvalue weighted by Gasteiger charge is 2.10. The van der Waals surface area contributed by atoms with Gasteiger partial charge in [-0.3, -0.25) is 0 Å². The van der Waals surface area contributed by atoms with Gasteiger partial charge in [0.1, 0.15) is 0 Å². The van der Waals surface area contributed by atoms with E-state index in [4.69, 9.17) is 9.15 Å². The number of nitrogens with one attached hydrogen (secondary N) is 2. The number of carbonyl (C=O) groups excluding carboxylic acids is 1. The van der Waals surface area contributed by atoms with Crippen molar-refractivity contribution in [3.05, 3.63) is 42.4 Å². The first-order chi connectivity index (χ1) is 12.0. The van der Waals surface area contributed by atoms with Gasteiger partial charge < -0.3 is 24.9 Å². The van der Waals surface area contributed by atoms with Crippen LogP contribution in [0.4, 0.5) is 4.79 Å². The fourth-order valence-corrected chi connectivity index (χ4v) is 2.06. The molecular weight excluding hydrogens is 322 g/mol. The van der Waals surface area contributed by atoms with Gasteiger partial charge in [0, 0.05) is 18.7 Å². The van der Waals surface area contributed by atoms with Crippen LogP contribution in [-0.2, 0) is 11.3 Å². The van der Waals surface area contributed by atoms with Crippen LogP contribution in [0, 0.1) is 5.92 Å². The van der Waals surface area contributed by atoms with Crippen molar-refractivity contribution in [2.24, 2.45) is 5.92 Å². The van der Waals surface area contributed by atoms with Crippen LogP contribution in [0.25, 0.3) is 11.3 Å². The summed E-state index contributed by atoms with van der Waals surface area (Å²) < 4.78 is 10.9. The maximum Gasteiger partial charge on any atom is 0.315 e. The average molecular weight is 347 g/mol. The molecule has 0 saturated carbocycles.